The van der Waals surface area contributed by atoms with Gasteiger partial charge in [-0.05, 0) is 24.6 Å². The van der Waals surface area contributed by atoms with Crippen LogP contribution in [-0.2, 0) is 19.1 Å². The van der Waals surface area contributed by atoms with E-state index in [0.717, 1.165) is 22.3 Å². The lowest BCUT2D eigenvalue weighted by Crippen LogP contribution is -2.38. The average Bonchev–Trinajstić information content (AvgIpc) is 3.05. The lowest BCUT2D eigenvalue weighted by molar-refractivity contribution is -0.140. The number of nitrogens with zero attached hydrogens (tertiary/aromatic N) is 3. The van der Waals surface area contributed by atoms with Crippen LogP contribution in [0.3, 0.4) is 0 Å². The third kappa shape index (κ3) is 5.98. The summed E-state index contributed by atoms with van der Waals surface area (Å²) in [4.78, 5) is 9.91. The predicted molar refractivity (Wildman–Crippen MR) is 94.7 cm³/mol. The Kier molecular flexibility index (Phi) is 6.96. The molecule has 1 N–H and O–H groups in total. The zero-order chi connectivity index (χ0) is 19.2. The normalized spacial score (nSPS) is 12.3. The number of hydrogen-bond acceptors (Lipinski definition) is 3. The van der Waals surface area contributed by atoms with Gasteiger partial charge in [-0.2, -0.15) is 13.2 Å². The van der Waals surface area contributed by atoms with Crippen LogP contribution in [0, 0.1) is 5.82 Å². The maximum absolute atomic E-state index is 13.0. The summed E-state index contributed by atoms with van der Waals surface area (Å²) in [5.74, 6) is 0.336. The van der Waals surface area contributed by atoms with E-state index in [4.69, 9.17) is 0 Å². The van der Waals surface area contributed by atoms with E-state index in [0.29, 0.717) is 37.0 Å². The number of alkyl halides is 3. The van der Waals surface area contributed by atoms with Crippen LogP contribution in [0.15, 0.2) is 34.6 Å². The molecule has 2 aromatic rings. The highest BCUT2D eigenvalue weighted by molar-refractivity contribution is 7.09. The number of aliphatic imine (C=N–C) groups is 1. The molecule has 2 rings (SSSR count). The lowest BCUT2D eigenvalue weighted by atomic mass is 10.2. The molecule has 0 amide bonds. The standard InChI is InChI=1S/C17H20F4N4S/c1-3-22-16(25(2)10-12-4-6-13(18)7-5-12)23-9-8-15-24-14(11-26-15)17(19,20)21/h4-7,11H,3,8-10H2,1-2H3,(H,22,23). The first-order chi connectivity index (χ1) is 12.3. The minimum atomic E-state index is -4.41. The second-order valence-electron chi connectivity index (χ2n) is 5.59. The van der Waals surface area contributed by atoms with Crippen molar-refractivity contribution < 1.29 is 17.6 Å². The van der Waals surface area contributed by atoms with Gasteiger partial charge in [0.2, 0.25) is 0 Å². The number of thiazole rings is 1. The van der Waals surface area contributed by atoms with E-state index in [-0.39, 0.29) is 5.82 Å². The molecule has 142 valence electrons. The molecule has 1 heterocycles. The van der Waals surface area contributed by atoms with Crippen molar-refractivity contribution in [3.05, 3.63) is 51.7 Å². The Labute approximate surface area is 153 Å². The summed E-state index contributed by atoms with van der Waals surface area (Å²) in [6.45, 7) is 3.43. The summed E-state index contributed by atoms with van der Waals surface area (Å²) in [6.07, 6.45) is -4.08. The van der Waals surface area contributed by atoms with Gasteiger partial charge in [-0.1, -0.05) is 12.1 Å². The number of halogens is 4. The summed E-state index contributed by atoms with van der Waals surface area (Å²) in [6, 6.07) is 6.19. The molecular formula is C17H20F4N4S. The third-order valence-corrected chi connectivity index (χ3v) is 4.37. The van der Waals surface area contributed by atoms with Crippen molar-refractivity contribution in [2.75, 3.05) is 20.1 Å². The van der Waals surface area contributed by atoms with Gasteiger partial charge in [0, 0.05) is 38.5 Å². The van der Waals surface area contributed by atoms with Crippen molar-refractivity contribution >= 4 is 17.3 Å². The molecule has 0 unspecified atom stereocenters. The van der Waals surface area contributed by atoms with Crippen LogP contribution in [0.2, 0.25) is 0 Å². The molecule has 26 heavy (non-hydrogen) atoms. The molecule has 1 aromatic heterocycles. The summed E-state index contributed by atoms with van der Waals surface area (Å²) in [7, 11) is 1.84. The number of guanidine groups is 1. The number of rotatable bonds is 6. The fraction of sp³-hybridized carbons (Fsp3) is 0.412. The summed E-state index contributed by atoms with van der Waals surface area (Å²) in [5.41, 5.74) is 0.0658. The van der Waals surface area contributed by atoms with E-state index < -0.39 is 11.9 Å². The molecule has 0 fully saturated rings. The first-order valence-corrected chi connectivity index (χ1v) is 8.93. The molecule has 0 radical (unpaired) electrons. The van der Waals surface area contributed by atoms with Gasteiger partial charge in [-0.25, -0.2) is 9.37 Å². The summed E-state index contributed by atoms with van der Waals surface area (Å²) < 4.78 is 50.7. The van der Waals surface area contributed by atoms with Crippen LogP contribution in [0.25, 0.3) is 0 Å². The second-order valence-corrected chi connectivity index (χ2v) is 6.54. The minimum absolute atomic E-state index is 0.293. The Morgan fingerprint density at radius 3 is 2.54 bits per heavy atom. The van der Waals surface area contributed by atoms with E-state index >= 15 is 0 Å². The Morgan fingerprint density at radius 1 is 1.27 bits per heavy atom. The molecule has 0 atom stereocenters. The zero-order valence-electron chi connectivity index (χ0n) is 14.5. The molecular weight excluding hydrogens is 368 g/mol. The van der Waals surface area contributed by atoms with Gasteiger partial charge in [0.15, 0.2) is 11.7 Å². The van der Waals surface area contributed by atoms with Crippen molar-refractivity contribution in [3.63, 3.8) is 0 Å². The van der Waals surface area contributed by atoms with Gasteiger partial charge < -0.3 is 10.2 Å². The number of aromatic nitrogens is 1. The average molecular weight is 388 g/mol. The Balaban J connectivity index is 1.96. The van der Waals surface area contributed by atoms with Crippen molar-refractivity contribution in [2.24, 2.45) is 4.99 Å². The molecule has 0 aliphatic carbocycles. The highest BCUT2D eigenvalue weighted by Gasteiger charge is 2.33. The molecule has 0 spiro atoms. The molecule has 0 aliphatic heterocycles. The Morgan fingerprint density at radius 2 is 1.96 bits per heavy atom. The first kappa shape index (κ1) is 20.2. The van der Waals surface area contributed by atoms with Crippen LogP contribution in [0.1, 0.15) is 23.2 Å². The first-order valence-electron chi connectivity index (χ1n) is 8.05. The summed E-state index contributed by atoms with van der Waals surface area (Å²) >= 11 is 0.984. The molecule has 0 aliphatic rings. The van der Waals surface area contributed by atoms with E-state index in [1.165, 1.54) is 12.1 Å². The van der Waals surface area contributed by atoms with E-state index in [1.807, 2.05) is 18.9 Å². The SMILES string of the molecule is CCNC(=NCCc1nc(C(F)(F)F)cs1)N(C)Cc1ccc(F)cc1. The highest BCUT2D eigenvalue weighted by atomic mass is 32.1. The van der Waals surface area contributed by atoms with Crippen LogP contribution >= 0.6 is 11.3 Å². The van der Waals surface area contributed by atoms with Gasteiger partial charge in [0.05, 0.1) is 5.01 Å². The maximum atomic E-state index is 13.0. The van der Waals surface area contributed by atoms with Gasteiger partial charge in [0.1, 0.15) is 5.82 Å². The van der Waals surface area contributed by atoms with Gasteiger partial charge >= 0.3 is 6.18 Å². The highest BCUT2D eigenvalue weighted by Crippen LogP contribution is 2.30. The van der Waals surface area contributed by atoms with E-state index in [2.05, 4.69) is 15.3 Å². The van der Waals surface area contributed by atoms with Gasteiger partial charge in [0.25, 0.3) is 0 Å². The van der Waals surface area contributed by atoms with Crippen LogP contribution in [0.5, 0.6) is 0 Å². The minimum Gasteiger partial charge on any atom is -0.357 e. The number of nitrogens with one attached hydrogen (secondary N) is 1. The fourth-order valence-corrected chi connectivity index (χ4v) is 3.02. The lowest BCUT2D eigenvalue weighted by Gasteiger charge is -2.22. The fourth-order valence-electron chi connectivity index (χ4n) is 2.22. The topological polar surface area (TPSA) is 40.5 Å². The molecule has 1 aromatic carbocycles. The predicted octanol–water partition coefficient (Wildman–Crippen LogP) is 3.94. The molecule has 0 saturated heterocycles. The number of hydrogen-bond donors (Lipinski definition) is 1. The van der Waals surface area contributed by atoms with Crippen molar-refractivity contribution in [1.82, 2.24) is 15.2 Å². The van der Waals surface area contributed by atoms with Crippen LogP contribution in [0.4, 0.5) is 17.6 Å². The quantitative estimate of drug-likeness (QED) is 0.463. The Hall–Kier alpha value is -2.16. The molecule has 0 bridgehead atoms. The molecule has 9 heteroatoms. The Bertz CT molecular complexity index is 725. The molecule has 4 nitrogen and oxygen atoms in total. The van der Waals surface area contributed by atoms with Crippen molar-refractivity contribution in [3.8, 4) is 0 Å². The third-order valence-electron chi connectivity index (χ3n) is 3.46. The smallest absolute Gasteiger partial charge is 0.357 e. The number of benzene rings is 1. The second kappa shape index (κ2) is 8.98. The summed E-state index contributed by atoms with van der Waals surface area (Å²) in [5, 5.41) is 4.55. The van der Waals surface area contributed by atoms with Crippen molar-refractivity contribution in [2.45, 2.75) is 26.1 Å². The van der Waals surface area contributed by atoms with E-state index in [1.54, 1.807) is 12.1 Å². The van der Waals surface area contributed by atoms with Gasteiger partial charge in [-0.15, -0.1) is 11.3 Å². The monoisotopic (exact) mass is 388 g/mol. The van der Waals surface area contributed by atoms with E-state index in [9.17, 15) is 17.6 Å². The van der Waals surface area contributed by atoms with Gasteiger partial charge in [-0.3, -0.25) is 4.99 Å². The largest absolute Gasteiger partial charge is 0.434 e. The van der Waals surface area contributed by atoms with Crippen LogP contribution < -0.4 is 5.32 Å². The maximum Gasteiger partial charge on any atom is 0.434 e. The van der Waals surface area contributed by atoms with Crippen molar-refractivity contribution in [1.29, 1.82) is 0 Å². The zero-order valence-corrected chi connectivity index (χ0v) is 15.3. The molecule has 0 saturated carbocycles. The van der Waals surface area contributed by atoms with Crippen LogP contribution in [-0.4, -0.2) is 36.0 Å².